The second-order valence-electron chi connectivity index (χ2n) is 5.04. The van der Waals surface area contributed by atoms with E-state index in [2.05, 4.69) is 20.6 Å². The van der Waals surface area contributed by atoms with Crippen molar-refractivity contribution in [3.63, 3.8) is 0 Å². The number of hydrogen-bond acceptors (Lipinski definition) is 4. The van der Waals surface area contributed by atoms with Gasteiger partial charge in [-0.3, -0.25) is 0 Å². The lowest BCUT2D eigenvalue weighted by Crippen LogP contribution is -2.38. The van der Waals surface area contributed by atoms with Crippen LogP contribution in [-0.2, 0) is 11.3 Å². The average Bonchev–Trinajstić information content (AvgIpc) is 2.57. The molecule has 1 aromatic rings. The summed E-state index contributed by atoms with van der Waals surface area (Å²) in [5, 5.41) is 6.22. The van der Waals surface area contributed by atoms with Gasteiger partial charge in [-0.2, -0.15) is 13.2 Å². The Morgan fingerprint density at radius 3 is 2.76 bits per heavy atom. The molecule has 6 nitrogen and oxygen atoms in total. The van der Waals surface area contributed by atoms with Gasteiger partial charge in [0.05, 0.1) is 6.54 Å². The van der Waals surface area contributed by atoms with Crippen LogP contribution in [0.4, 0.5) is 13.2 Å². The minimum atomic E-state index is -4.41. The molecule has 0 aliphatic rings. The van der Waals surface area contributed by atoms with Gasteiger partial charge in [-0.05, 0) is 26.3 Å². The minimum Gasteiger partial charge on any atom is -0.468 e. The second kappa shape index (κ2) is 11.5. The molecule has 25 heavy (non-hydrogen) atoms. The Hall–Kier alpha value is -2.03. The Labute approximate surface area is 145 Å². The van der Waals surface area contributed by atoms with E-state index in [4.69, 9.17) is 9.47 Å². The van der Waals surface area contributed by atoms with Crippen molar-refractivity contribution in [3.05, 3.63) is 23.9 Å². The molecule has 0 atom stereocenters. The van der Waals surface area contributed by atoms with Crippen LogP contribution in [0.5, 0.6) is 5.88 Å². The lowest BCUT2D eigenvalue weighted by molar-refractivity contribution is -0.154. The quantitative estimate of drug-likeness (QED) is 0.380. The van der Waals surface area contributed by atoms with Gasteiger partial charge >= 0.3 is 6.18 Å². The van der Waals surface area contributed by atoms with Crippen molar-refractivity contribution >= 4 is 5.96 Å². The number of aliphatic imine (C=N–C) groups is 1. The predicted molar refractivity (Wildman–Crippen MR) is 89.7 cm³/mol. The van der Waals surface area contributed by atoms with Crippen molar-refractivity contribution in [3.8, 4) is 5.88 Å². The van der Waals surface area contributed by atoms with Gasteiger partial charge < -0.3 is 20.1 Å². The van der Waals surface area contributed by atoms with Gasteiger partial charge in [0.25, 0.3) is 0 Å². The molecule has 0 aromatic carbocycles. The Balaban J connectivity index is 2.62. The maximum Gasteiger partial charge on any atom is 0.422 e. The summed E-state index contributed by atoms with van der Waals surface area (Å²) >= 11 is 0. The second-order valence-corrected chi connectivity index (χ2v) is 5.04. The van der Waals surface area contributed by atoms with Crippen molar-refractivity contribution in [1.29, 1.82) is 0 Å². The maximum absolute atomic E-state index is 12.3. The summed E-state index contributed by atoms with van der Waals surface area (Å²) in [6.07, 6.45) is -2.20. The molecule has 0 spiro atoms. The normalized spacial score (nSPS) is 12.1. The zero-order valence-electron chi connectivity index (χ0n) is 14.5. The van der Waals surface area contributed by atoms with Crippen molar-refractivity contribution < 1.29 is 22.6 Å². The van der Waals surface area contributed by atoms with E-state index in [1.807, 2.05) is 13.8 Å². The topological polar surface area (TPSA) is 67.8 Å². The first-order valence-corrected chi connectivity index (χ1v) is 8.19. The smallest absolute Gasteiger partial charge is 0.422 e. The molecule has 0 aliphatic heterocycles. The molecular weight excluding hydrogens is 337 g/mol. The van der Waals surface area contributed by atoms with Crippen LogP contribution >= 0.6 is 0 Å². The molecule has 0 unspecified atom stereocenters. The van der Waals surface area contributed by atoms with Gasteiger partial charge in [-0.1, -0.05) is 6.07 Å². The van der Waals surface area contributed by atoms with E-state index in [1.165, 1.54) is 6.20 Å². The largest absolute Gasteiger partial charge is 0.468 e. The molecule has 1 heterocycles. The van der Waals surface area contributed by atoms with Crippen molar-refractivity contribution in [2.75, 3.05) is 32.9 Å². The third-order valence-electron chi connectivity index (χ3n) is 2.94. The molecule has 0 fully saturated rings. The first-order valence-electron chi connectivity index (χ1n) is 8.19. The number of nitrogens with one attached hydrogen (secondary N) is 2. The highest BCUT2D eigenvalue weighted by Crippen LogP contribution is 2.20. The number of pyridine rings is 1. The van der Waals surface area contributed by atoms with Crippen LogP contribution in [0, 0.1) is 0 Å². The number of alkyl halides is 3. The summed E-state index contributed by atoms with van der Waals surface area (Å²) in [6.45, 7) is 5.32. The van der Waals surface area contributed by atoms with Gasteiger partial charge in [0.15, 0.2) is 12.6 Å². The standard InChI is InChI=1S/C16H25F3N4O2/c1-3-20-15(22-9-6-10-24-4-2)23-11-13-7-5-8-21-14(13)25-12-16(17,18)19/h5,7-8H,3-4,6,9-12H2,1-2H3,(H2,20,22,23). The molecule has 1 aromatic heterocycles. The van der Waals surface area contributed by atoms with Gasteiger partial charge in [-0.15, -0.1) is 0 Å². The summed E-state index contributed by atoms with van der Waals surface area (Å²) in [5.74, 6) is 0.514. The predicted octanol–water partition coefficient (Wildman–Crippen LogP) is 2.50. The highest BCUT2D eigenvalue weighted by molar-refractivity contribution is 5.79. The van der Waals surface area contributed by atoms with Crippen LogP contribution in [0.2, 0.25) is 0 Å². The number of hydrogen-bond donors (Lipinski definition) is 2. The molecule has 9 heteroatoms. The Morgan fingerprint density at radius 1 is 1.28 bits per heavy atom. The van der Waals surface area contributed by atoms with Gasteiger partial charge in [-0.25, -0.2) is 9.98 Å². The molecule has 0 amide bonds. The average molecular weight is 362 g/mol. The molecule has 0 saturated heterocycles. The Kier molecular flexibility index (Phi) is 9.68. The van der Waals surface area contributed by atoms with E-state index < -0.39 is 12.8 Å². The number of halogens is 3. The fourth-order valence-corrected chi connectivity index (χ4v) is 1.86. The number of ether oxygens (including phenoxy) is 2. The Morgan fingerprint density at radius 2 is 2.08 bits per heavy atom. The lowest BCUT2D eigenvalue weighted by atomic mass is 10.3. The van der Waals surface area contributed by atoms with E-state index in [0.29, 0.717) is 37.8 Å². The van der Waals surface area contributed by atoms with E-state index in [1.54, 1.807) is 12.1 Å². The van der Waals surface area contributed by atoms with Gasteiger partial charge in [0, 0.05) is 38.1 Å². The third-order valence-corrected chi connectivity index (χ3v) is 2.94. The minimum absolute atomic E-state index is 0.0595. The monoisotopic (exact) mass is 362 g/mol. The van der Waals surface area contributed by atoms with Crippen molar-refractivity contribution in [2.24, 2.45) is 4.99 Å². The van der Waals surface area contributed by atoms with Crippen LogP contribution in [0.15, 0.2) is 23.3 Å². The zero-order chi connectivity index (χ0) is 18.5. The summed E-state index contributed by atoms with van der Waals surface area (Å²) in [7, 11) is 0. The molecule has 0 saturated carbocycles. The van der Waals surface area contributed by atoms with Crippen LogP contribution in [0.3, 0.4) is 0 Å². The molecule has 142 valence electrons. The third kappa shape index (κ3) is 9.75. The molecule has 0 aliphatic carbocycles. The van der Waals surface area contributed by atoms with E-state index >= 15 is 0 Å². The maximum atomic E-state index is 12.3. The van der Waals surface area contributed by atoms with Crippen molar-refractivity contribution in [1.82, 2.24) is 15.6 Å². The zero-order valence-corrected chi connectivity index (χ0v) is 14.5. The highest BCUT2D eigenvalue weighted by Gasteiger charge is 2.29. The molecule has 0 radical (unpaired) electrons. The molecule has 2 N–H and O–H groups in total. The number of aromatic nitrogens is 1. The first kappa shape index (κ1) is 21.0. The molecule has 1 rings (SSSR count). The number of guanidine groups is 1. The van der Waals surface area contributed by atoms with E-state index in [-0.39, 0.29) is 12.4 Å². The van der Waals surface area contributed by atoms with Crippen LogP contribution < -0.4 is 15.4 Å². The molecular formula is C16H25F3N4O2. The summed E-state index contributed by atoms with van der Waals surface area (Å²) in [4.78, 5) is 8.21. The van der Waals surface area contributed by atoms with Crippen molar-refractivity contribution in [2.45, 2.75) is 33.0 Å². The SMILES string of the molecule is CCNC(=NCc1cccnc1OCC(F)(F)F)NCCCOCC. The summed E-state index contributed by atoms with van der Waals surface area (Å²) in [6, 6.07) is 3.27. The summed E-state index contributed by atoms with van der Waals surface area (Å²) in [5.41, 5.74) is 0.485. The number of nitrogens with zero attached hydrogens (tertiary/aromatic N) is 2. The van der Waals surface area contributed by atoms with Crippen LogP contribution in [0.25, 0.3) is 0 Å². The first-order chi connectivity index (χ1) is 12.0. The Bertz CT molecular complexity index is 524. The fraction of sp³-hybridized carbons (Fsp3) is 0.625. The number of rotatable bonds is 10. The summed E-state index contributed by atoms with van der Waals surface area (Å²) < 4.78 is 46.9. The van der Waals surface area contributed by atoms with Crippen LogP contribution in [-0.4, -0.2) is 50.0 Å². The van der Waals surface area contributed by atoms with E-state index in [0.717, 1.165) is 6.42 Å². The van der Waals surface area contributed by atoms with E-state index in [9.17, 15) is 13.2 Å². The van der Waals surface area contributed by atoms with Gasteiger partial charge in [0.2, 0.25) is 5.88 Å². The van der Waals surface area contributed by atoms with Crippen LogP contribution in [0.1, 0.15) is 25.8 Å². The lowest BCUT2D eigenvalue weighted by Gasteiger charge is -2.13. The fourth-order valence-electron chi connectivity index (χ4n) is 1.86. The molecule has 0 bridgehead atoms. The van der Waals surface area contributed by atoms with Gasteiger partial charge in [0.1, 0.15) is 0 Å². The highest BCUT2D eigenvalue weighted by atomic mass is 19.4.